The lowest BCUT2D eigenvalue weighted by Gasteiger charge is -1.62. The SMILES string of the molecule is C=P(=O)PC. The van der Waals surface area contributed by atoms with Gasteiger partial charge < -0.3 is 0 Å². The van der Waals surface area contributed by atoms with E-state index in [1.165, 1.54) is 0 Å². The van der Waals surface area contributed by atoms with Crippen LogP contribution in [0.3, 0.4) is 0 Å². The first-order valence-electron chi connectivity index (χ1n) is 1.22. The van der Waals surface area contributed by atoms with Gasteiger partial charge in [-0.05, 0) is 21.2 Å². The number of hydrogen-bond donors (Lipinski definition) is 0. The monoisotopic (exact) mass is 108 g/mol. The molecule has 0 rings (SSSR count). The van der Waals surface area contributed by atoms with E-state index >= 15 is 0 Å². The molecule has 0 fully saturated rings. The van der Waals surface area contributed by atoms with E-state index in [0.29, 0.717) is 8.27 Å². The van der Waals surface area contributed by atoms with Crippen LogP contribution in [0.5, 0.6) is 0 Å². The van der Waals surface area contributed by atoms with Gasteiger partial charge in [-0.15, -0.1) is 0 Å². The Balaban J connectivity index is 3.23. The maximum absolute atomic E-state index is 9.86. The molecule has 0 aliphatic heterocycles. The summed E-state index contributed by atoms with van der Waals surface area (Å²) < 4.78 is 9.86. The van der Waals surface area contributed by atoms with Gasteiger partial charge in [-0.25, -0.2) is 0 Å². The van der Waals surface area contributed by atoms with E-state index in [1.807, 2.05) is 6.66 Å². The first-order valence-corrected chi connectivity index (χ1v) is 5.01. The summed E-state index contributed by atoms with van der Waals surface area (Å²) in [4.78, 5) is 0. The maximum atomic E-state index is 9.86. The summed E-state index contributed by atoms with van der Waals surface area (Å²) >= 11 is 0. The molecule has 0 aromatic carbocycles. The highest BCUT2D eigenvalue weighted by molar-refractivity contribution is 8.13. The number of hydrogen-bond acceptors (Lipinski definition) is 1. The van der Waals surface area contributed by atoms with Crippen molar-refractivity contribution in [1.29, 1.82) is 0 Å². The molecule has 0 heterocycles. The lowest BCUT2D eigenvalue weighted by Crippen LogP contribution is -1.17. The van der Waals surface area contributed by atoms with Crippen molar-refractivity contribution in [2.75, 3.05) is 6.66 Å². The second kappa shape index (κ2) is 2.63. The van der Waals surface area contributed by atoms with Gasteiger partial charge in [-0.2, -0.15) is 0 Å². The second-order valence-corrected chi connectivity index (χ2v) is 4.64. The maximum Gasteiger partial charge on any atom is 0.108 e. The van der Waals surface area contributed by atoms with Crippen LogP contribution in [0.4, 0.5) is 0 Å². The highest BCUT2D eigenvalue weighted by Crippen LogP contribution is 2.27. The summed E-state index contributed by atoms with van der Waals surface area (Å²) in [5.41, 5.74) is 0. The summed E-state index contributed by atoms with van der Waals surface area (Å²) in [5.74, 6) is 0. The first-order chi connectivity index (χ1) is 2.27. The van der Waals surface area contributed by atoms with E-state index in [9.17, 15) is 4.57 Å². The molecule has 3 heteroatoms. The molecular formula is C2H6OP2. The van der Waals surface area contributed by atoms with Crippen molar-refractivity contribution in [1.82, 2.24) is 0 Å². The largest absolute Gasteiger partial charge is 0.279 e. The predicted octanol–water partition coefficient (Wildman–Crippen LogP) is 1.47. The van der Waals surface area contributed by atoms with Gasteiger partial charge in [-0.3, -0.25) is 4.57 Å². The zero-order valence-electron chi connectivity index (χ0n) is 3.06. The molecule has 0 N–H and O–H groups in total. The van der Waals surface area contributed by atoms with Crippen LogP contribution < -0.4 is 0 Å². The minimum atomic E-state index is -1.07. The highest BCUT2D eigenvalue weighted by Gasteiger charge is 1.62. The van der Waals surface area contributed by atoms with Crippen LogP contribution >= 0.6 is 15.4 Å². The molecule has 0 bridgehead atoms. The molecule has 0 saturated carbocycles. The molecule has 0 saturated heterocycles. The molecule has 0 aromatic rings. The number of rotatable bonds is 1. The Hall–Kier alpha value is 0.400. The fraction of sp³-hybridized carbons (Fsp3) is 0.500. The van der Waals surface area contributed by atoms with Crippen LogP contribution in [0, 0.1) is 0 Å². The van der Waals surface area contributed by atoms with Crippen molar-refractivity contribution >= 4 is 21.7 Å². The van der Waals surface area contributed by atoms with E-state index in [4.69, 9.17) is 0 Å². The van der Waals surface area contributed by atoms with Gasteiger partial charge in [-0.1, -0.05) is 0 Å². The van der Waals surface area contributed by atoms with Gasteiger partial charge in [0.2, 0.25) is 0 Å². The van der Waals surface area contributed by atoms with E-state index < -0.39 is 7.11 Å². The lowest BCUT2D eigenvalue weighted by molar-refractivity contribution is 0.604. The molecule has 0 spiro atoms. The lowest BCUT2D eigenvalue weighted by atomic mass is 12.0. The standard InChI is InChI=1S/C2H6OP2/c1-4-5(2)3/h4H,2H2,1H3. The third-order valence-corrected chi connectivity index (χ3v) is 2.24. The summed E-state index contributed by atoms with van der Waals surface area (Å²) in [6, 6.07) is 0. The van der Waals surface area contributed by atoms with E-state index in [2.05, 4.69) is 6.30 Å². The summed E-state index contributed by atoms with van der Waals surface area (Å²) in [7, 11) is -0.558. The summed E-state index contributed by atoms with van der Waals surface area (Å²) in [5, 5.41) is 0. The van der Waals surface area contributed by atoms with Crippen molar-refractivity contribution in [2.45, 2.75) is 0 Å². The second-order valence-electron chi connectivity index (χ2n) is 0.602. The summed E-state index contributed by atoms with van der Waals surface area (Å²) in [6.45, 7) is 1.88. The minimum Gasteiger partial charge on any atom is -0.279 e. The molecule has 0 amide bonds. The van der Waals surface area contributed by atoms with E-state index in [1.54, 1.807) is 0 Å². The average molecular weight is 108 g/mol. The van der Waals surface area contributed by atoms with E-state index in [0.717, 1.165) is 0 Å². The third kappa shape index (κ3) is 4.40. The molecule has 0 aliphatic carbocycles. The molecule has 0 radical (unpaired) electrons. The fourth-order valence-corrected chi connectivity index (χ4v) is 0. The fourth-order valence-electron chi connectivity index (χ4n) is 0. The molecule has 0 aliphatic rings. The topological polar surface area (TPSA) is 17.1 Å². The van der Waals surface area contributed by atoms with E-state index in [-0.39, 0.29) is 0 Å². The minimum absolute atomic E-state index is 0.512. The Morgan fingerprint density at radius 1 is 2.00 bits per heavy atom. The predicted molar refractivity (Wildman–Crippen MR) is 29.0 cm³/mol. The molecule has 30 valence electrons. The van der Waals surface area contributed by atoms with Crippen LogP contribution in [0.2, 0.25) is 0 Å². The van der Waals surface area contributed by atoms with Crippen LogP contribution in [-0.4, -0.2) is 13.0 Å². The van der Waals surface area contributed by atoms with Crippen molar-refractivity contribution in [3.8, 4) is 0 Å². The van der Waals surface area contributed by atoms with Crippen molar-refractivity contribution in [2.24, 2.45) is 0 Å². The van der Waals surface area contributed by atoms with Gasteiger partial charge in [0.15, 0.2) is 0 Å². The van der Waals surface area contributed by atoms with Crippen LogP contribution in [0.15, 0.2) is 0 Å². The Morgan fingerprint density at radius 2 is 2.20 bits per heavy atom. The smallest absolute Gasteiger partial charge is 0.108 e. The van der Waals surface area contributed by atoms with Crippen LogP contribution in [-0.2, 0) is 4.57 Å². The van der Waals surface area contributed by atoms with Gasteiger partial charge in [0.1, 0.15) is 7.11 Å². The molecular weight excluding hydrogens is 102 g/mol. The van der Waals surface area contributed by atoms with Gasteiger partial charge in [0.25, 0.3) is 0 Å². The Bertz CT molecular complexity index is 65.7. The Morgan fingerprint density at radius 3 is 2.20 bits per heavy atom. The van der Waals surface area contributed by atoms with Crippen LogP contribution in [0.1, 0.15) is 0 Å². The average Bonchev–Trinajstić information content (AvgIpc) is 1.38. The normalized spacial score (nSPS) is 13.4. The Labute approximate surface area is 33.9 Å². The van der Waals surface area contributed by atoms with Gasteiger partial charge >= 0.3 is 0 Å². The molecule has 1 nitrogen and oxygen atoms in total. The molecule has 5 heavy (non-hydrogen) atoms. The molecule has 0 aromatic heterocycles. The molecule has 2 atom stereocenters. The van der Waals surface area contributed by atoms with Gasteiger partial charge in [0.05, 0.1) is 0 Å². The quantitative estimate of drug-likeness (QED) is 0.465. The van der Waals surface area contributed by atoms with Crippen LogP contribution in [0.25, 0.3) is 0 Å². The Kier molecular flexibility index (Phi) is 2.84. The highest BCUT2D eigenvalue weighted by atomic mass is 32.0. The summed E-state index contributed by atoms with van der Waals surface area (Å²) in [6.07, 6.45) is 3.28. The zero-order valence-corrected chi connectivity index (χ0v) is 4.96. The zero-order chi connectivity index (χ0) is 4.28. The van der Waals surface area contributed by atoms with Crippen molar-refractivity contribution in [3.05, 3.63) is 0 Å². The van der Waals surface area contributed by atoms with Crippen molar-refractivity contribution in [3.63, 3.8) is 0 Å². The first kappa shape index (κ1) is 5.40. The molecule has 2 unspecified atom stereocenters. The van der Waals surface area contributed by atoms with Gasteiger partial charge in [0, 0.05) is 0 Å². The third-order valence-electron chi connectivity index (χ3n) is 0.249. The van der Waals surface area contributed by atoms with Crippen molar-refractivity contribution < 1.29 is 4.57 Å².